The topological polar surface area (TPSA) is 82.1 Å². The van der Waals surface area contributed by atoms with Crippen LogP contribution in [0, 0.1) is 0 Å². The lowest BCUT2D eigenvalue weighted by Crippen LogP contribution is -2.45. The van der Waals surface area contributed by atoms with Gasteiger partial charge in [-0.3, -0.25) is 4.90 Å². The molecule has 5 nitrogen and oxygen atoms in total. The largest absolute Gasteiger partial charge is 0.409 e. The first-order chi connectivity index (χ1) is 8.20. The summed E-state index contributed by atoms with van der Waals surface area (Å²) in [7, 11) is 0. The van der Waals surface area contributed by atoms with E-state index in [9.17, 15) is 5.11 Å². The number of amidine groups is 1. The summed E-state index contributed by atoms with van der Waals surface area (Å²) in [5.41, 5.74) is 5.43. The fourth-order valence-electron chi connectivity index (χ4n) is 3.26. The molecule has 0 aliphatic carbocycles. The van der Waals surface area contributed by atoms with E-state index in [1.807, 2.05) is 0 Å². The minimum absolute atomic E-state index is 0.0825. The molecule has 0 amide bonds. The minimum atomic E-state index is -0.0825. The minimum Gasteiger partial charge on any atom is -0.409 e. The van der Waals surface area contributed by atoms with E-state index in [4.69, 9.17) is 10.9 Å². The number of oxime groups is 1. The van der Waals surface area contributed by atoms with Crippen molar-refractivity contribution < 1.29 is 10.3 Å². The molecule has 2 heterocycles. The first-order valence-electron chi connectivity index (χ1n) is 6.61. The van der Waals surface area contributed by atoms with Gasteiger partial charge in [0.05, 0.1) is 6.10 Å². The van der Waals surface area contributed by atoms with Gasteiger partial charge in [-0.05, 0) is 45.1 Å². The Morgan fingerprint density at radius 3 is 2.47 bits per heavy atom. The van der Waals surface area contributed by atoms with E-state index in [1.165, 1.54) is 12.8 Å². The second kappa shape index (κ2) is 5.69. The van der Waals surface area contributed by atoms with Crippen LogP contribution in [0.3, 0.4) is 0 Å². The number of hydrogen-bond donors (Lipinski definition) is 3. The third-order valence-corrected chi connectivity index (χ3v) is 4.09. The predicted molar refractivity (Wildman–Crippen MR) is 66.0 cm³/mol. The standard InChI is InChI=1S/C12H23N3O2/c13-12(14-17)3-1-2-6-15-9-4-5-10(15)8-11(16)7-9/h9-11,16-17H,1-8H2,(H2,13,14). The maximum absolute atomic E-state index is 9.70. The number of nitrogens with two attached hydrogens (primary N) is 1. The Balaban J connectivity index is 1.70. The molecule has 0 radical (unpaired) electrons. The number of unbranched alkanes of at least 4 members (excludes halogenated alkanes) is 1. The number of piperidine rings is 1. The van der Waals surface area contributed by atoms with Gasteiger partial charge in [-0.1, -0.05) is 5.16 Å². The third kappa shape index (κ3) is 3.10. The number of aliphatic hydroxyl groups excluding tert-OH is 1. The van der Waals surface area contributed by atoms with Crippen LogP contribution in [-0.2, 0) is 0 Å². The highest BCUT2D eigenvalue weighted by Crippen LogP contribution is 2.35. The van der Waals surface area contributed by atoms with E-state index in [-0.39, 0.29) is 6.10 Å². The second-order valence-electron chi connectivity index (χ2n) is 5.30. The summed E-state index contributed by atoms with van der Waals surface area (Å²) in [5.74, 6) is 0.321. The van der Waals surface area contributed by atoms with Gasteiger partial charge in [0.25, 0.3) is 0 Å². The van der Waals surface area contributed by atoms with Crippen LogP contribution >= 0.6 is 0 Å². The molecule has 2 rings (SSSR count). The molecular weight excluding hydrogens is 218 g/mol. The van der Waals surface area contributed by atoms with Gasteiger partial charge < -0.3 is 16.0 Å². The number of nitrogens with zero attached hydrogens (tertiary/aromatic N) is 2. The Kier molecular flexibility index (Phi) is 4.23. The third-order valence-electron chi connectivity index (χ3n) is 4.09. The van der Waals surface area contributed by atoms with Gasteiger partial charge in [-0.2, -0.15) is 0 Å². The fraction of sp³-hybridized carbons (Fsp3) is 0.917. The van der Waals surface area contributed by atoms with E-state index in [2.05, 4.69) is 10.1 Å². The zero-order valence-electron chi connectivity index (χ0n) is 10.3. The van der Waals surface area contributed by atoms with Crippen molar-refractivity contribution in [2.45, 2.75) is 63.1 Å². The first-order valence-corrected chi connectivity index (χ1v) is 6.61. The maximum Gasteiger partial charge on any atom is 0.139 e. The lowest BCUT2D eigenvalue weighted by atomic mass is 9.99. The predicted octanol–water partition coefficient (Wildman–Crippen LogP) is 0.891. The van der Waals surface area contributed by atoms with Gasteiger partial charge in [0.2, 0.25) is 0 Å². The van der Waals surface area contributed by atoms with Gasteiger partial charge in [0, 0.05) is 18.5 Å². The average molecular weight is 241 g/mol. The van der Waals surface area contributed by atoms with Gasteiger partial charge in [0.1, 0.15) is 5.84 Å². The van der Waals surface area contributed by atoms with Crippen LogP contribution in [0.5, 0.6) is 0 Å². The zero-order chi connectivity index (χ0) is 12.3. The molecule has 4 N–H and O–H groups in total. The van der Waals surface area contributed by atoms with Crippen molar-refractivity contribution >= 4 is 5.84 Å². The lowest BCUT2D eigenvalue weighted by Gasteiger charge is -2.37. The van der Waals surface area contributed by atoms with E-state index >= 15 is 0 Å². The molecule has 0 spiro atoms. The molecule has 2 aliphatic rings. The summed E-state index contributed by atoms with van der Waals surface area (Å²) in [6.07, 6.45) is 6.99. The first kappa shape index (κ1) is 12.6. The highest BCUT2D eigenvalue weighted by molar-refractivity contribution is 5.79. The molecule has 0 aromatic carbocycles. The monoisotopic (exact) mass is 241 g/mol. The molecule has 5 heteroatoms. The van der Waals surface area contributed by atoms with Crippen LogP contribution in [0.4, 0.5) is 0 Å². The summed E-state index contributed by atoms with van der Waals surface area (Å²) >= 11 is 0. The van der Waals surface area contributed by atoms with Crippen molar-refractivity contribution in [2.75, 3.05) is 6.54 Å². The summed E-state index contributed by atoms with van der Waals surface area (Å²) in [6, 6.07) is 1.18. The molecule has 0 aromatic heterocycles. The summed E-state index contributed by atoms with van der Waals surface area (Å²) < 4.78 is 0. The Morgan fingerprint density at radius 1 is 1.24 bits per heavy atom. The normalized spacial score (nSPS) is 34.2. The Labute approximate surface area is 102 Å². The smallest absolute Gasteiger partial charge is 0.139 e. The molecular formula is C12H23N3O2. The highest BCUT2D eigenvalue weighted by Gasteiger charge is 2.39. The van der Waals surface area contributed by atoms with Crippen LogP contribution in [0.1, 0.15) is 44.9 Å². The molecule has 0 saturated carbocycles. The van der Waals surface area contributed by atoms with Crippen molar-refractivity contribution in [3.8, 4) is 0 Å². The number of rotatable bonds is 5. The molecule has 17 heavy (non-hydrogen) atoms. The Hall–Kier alpha value is -0.810. The van der Waals surface area contributed by atoms with Crippen LogP contribution in [0.2, 0.25) is 0 Å². The van der Waals surface area contributed by atoms with Crippen molar-refractivity contribution in [1.82, 2.24) is 4.90 Å². The summed E-state index contributed by atoms with van der Waals surface area (Å²) in [6.45, 7) is 1.08. The molecule has 98 valence electrons. The van der Waals surface area contributed by atoms with Gasteiger partial charge >= 0.3 is 0 Å². The number of fused-ring (bicyclic) bond motifs is 2. The van der Waals surface area contributed by atoms with Crippen LogP contribution in [0.15, 0.2) is 5.16 Å². The van der Waals surface area contributed by atoms with Crippen molar-refractivity contribution in [1.29, 1.82) is 0 Å². The van der Waals surface area contributed by atoms with Crippen molar-refractivity contribution in [3.63, 3.8) is 0 Å². The Bertz CT molecular complexity index is 269. The van der Waals surface area contributed by atoms with Crippen molar-refractivity contribution in [3.05, 3.63) is 0 Å². The van der Waals surface area contributed by atoms with Crippen LogP contribution in [-0.4, -0.2) is 45.8 Å². The Morgan fingerprint density at radius 2 is 1.88 bits per heavy atom. The van der Waals surface area contributed by atoms with E-state index < -0.39 is 0 Å². The molecule has 2 unspecified atom stereocenters. The number of hydrogen-bond acceptors (Lipinski definition) is 4. The highest BCUT2D eigenvalue weighted by atomic mass is 16.4. The zero-order valence-corrected chi connectivity index (χ0v) is 10.3. The van der Waals surface area contributed by atoms with Gasteiger partial charge in [-0.25, -0.2) is 0 Å². The van der Waals surface area contributed by atoms with Crippen LogP contribution < -0.4 is 5.73 Å². The molecule has 2 atom stereocenters. The SMILES string of the molecule is N/C(CCCCN1C2CCC1CC(O)C2)=N/O. The summed E-state index contributed by atoms with van der Waals surface area (Å²) in [4.78, 5) is 2.55. The fourth-order valence-corrected chi connectivity index (χ4v) is 3.26. The summed E-state index contributed by atoms with van der Waals surface area (Å²) in [5, 5.41) is 21.1. The van der Waals surface area contributed by atoms with E-state index in [0.717, 1.165) is 32.2 Å². The maximum atomic E-state index is 9.70. The average Bonchev–Trinajstić information content (AvgIpc) is 2.56. The second-order valence-corrected chi connectivity index (χ2v) is 5.30. The molecule has 0 aromatic rings. The van der Waals surface area contributed by atoms with E-state index in [1.54, 1.807) is 0 Å². The van der Waals surface area contributed by atoms with Gasteiger partial charge in [0.15, 0.2) is 0 Å². The van der Waals surface area contributed by atoms with E-state index in [0.29, 0.717) is 24.3 Å². The van der Waals surface area contributed by atoms with Crippen LogP contribution in [0.25, 0.3) is 0 Å². The lowest BCUT2D eigenvalue weighted by molar-refractivity contribution is 0.0348. The number of aliphatic hydroxyl groups is 1. The van der Waals surface area contributed by atoms with Gasteiger partial charge in [-0.15, -0.1) is 0 Å². The molecule has 2 fully saturated rings. The van der Waals surface area contributed by atoms with Crippen molar-refractivity contribution in [2.24, 2.45) is 10.9 Å². The molecule has 2 bridgehead atoms. The molecule has 2 aliphatic heterocycles. The quantitative estimate of drug-likeness (QED) is 0.219. The molecule has 2 saturated heterocycles.